The van der Waals surface area contributed by atoms with E-state index in [1.165, 1.54) is 11.8 Å². The molecule has 108 valence electrons. The van der Waals surface area contributed by atoms with Crippen molar-refractivity contribution < 1.29 is 9.53 Å². The second-order valence-electron chi connectivity index (χ2n) is 4.90. The Morgan fingerprint density at radius 1 is 1.40 bits per heavy atom. The molecule has 0 aliphatic rings. The first-order valence-electron chi connectivity index (χ1n) is 6.55. The maximum atomic E-state index is 12.0. The van der Waals surface area contributed by atoms with E-state index in [2.05, 4.69) is 16.3 Å². The first kappa shape index (κ1) is 15.0. The molecule has 0 fully saturated rings. The largest absolute Gasteiger partial charge is 0.468 e. The summed E-state index contributed by atoms with van der Waals surface area (Å²) < 4.78 is 6.12. The van der Waals surface area contributed by atoms with Crippen molar-refractivity contribution in [3.8, 4) is 0 Å². The zero-order valence-electron chi connectivity index (χ0n) is 12.1. The third-order valence-electron chi connectivity index (χ3n) is 3.17. The van der Waals surface area contributed by atoms with Crippen LogP contribution in [-0.2, 0) is 9.53 Å². The van der Waals surface area contributed by atoms with E-state index in [9.17, 15) is 4.79 Å². The van der Waals surface area contributed by atoms with Gasteiger partial charge in [0.05, 0.1) is 7.11 Å². The van der Waals surface area contributed by atoms with Gasteiger partial charge in [0.1, 0.15) is 6.04 Å². The molecule has 0 saturated heterocycles. The first-order chi connectivity index (χ1) is 9.63. The van der Waals surface area contributed by atoms with Gasteiger partial charge in [-0.3, -0.25) is 5.32 Å². The van der Waals surface area contributed by atoms with Gasteiger partial charge in [0.15, 0.2) is 0 Å². The van der Waals surface area contributed by atoms with Crippen LogP contribution in [0.1, 0.15) is 11.6 Å². The SMILES string of the molecule is COC(=O)C(NCCN(C)C)c1csc2ccccc12. The number of fused-ring (bicyclic) bond motifs is 1. The van der Waals surface area contributed by atoms with Gasteiger partial charge in [0.2, 0.25) is 0 Å². The topological polar surface area (TPSA) is 41.6 Å². The Hall–Kier alpha value is -1.43. The standard InChI is InChI=1S/C15H20N2O2S/c1-17(2)9-8-16-14(15(18)19-3)12-10-20-13-7-5-4-6-11(12)13/h4-7,10,14,16H,8-9H2,1-3H3. The highest BCUT2D eigenvalue weighted by molar-refractivity contribution is 7.17. The monoisotopic (exact) mass is 292 g/mol. The molecule has 0 amide bonds. The van der Waals surface area contributed by atoms with Gasteiger partial charge in [0.25, 0.3) is 0 Å². The van der Waals surface area contributed by atoms with Crippen LogP contribution in [0.25, 0.3) is 10.1 Å². The van der Waals surface area contributed by atoms with E-state index in [4.69, 9.17) is 4.74 Å². The van der Waals surface area contributed by atoms with Gasteiger partial charge in [-0.15, -0.1) is 11.3 Å². The highest BCUT2D eigenvalue weighted by atomic mass is 32.1. The lowest BCUT2D eigenvalue weighted by Gasteiger charge is -2.18. The predicted octanol–water partition coefficient (Wildman–Crippen LogP) is 2.27. The molecule has 1 N–H and O–H groups in total. The number of benzene rings is 1. The maximum Gasteiger partial charge on any atom is 0.327 e. The van der Waals surface area contributed by atoms with Crippen molar-refractivity contribution in [2.24, 2.45) is 0 Å². The van der Waals surface area contributed by atoms with Crippen molar-refractivity contribution >= 4 is 27.4 Å². The number of methoxy groups -OCH3 is 1. The van der Waals surface area contributed by atoms with Gasteiger partial charge < -0.3 is 9.64 Å². The molecule has 0 radical (unpaired) electrons. The minimum Gasteiger partial charge on any atom is -0.468 e. The number of likely N-dealkylation sites (N-methyl/N-ethyl adjacent to an activating group) is 1. The summed E-state index contributed by atoms with van der Waals surface area (Å²) in [6.45, 7) is 1.60. The second-order valence-corrected chi connectivity index (χ2v) is 5.81. The van der Waals surface area contributed by atoms with Crippen LogP contribution < -0.4 is 5.32 Å². The number of nitrogens with zero attached hydrogens (tertiary/aromatic N) is 1. The van der Waals surface area contributed by atoms with Gasteiger partial charge >= 0.3 is 5.97 Å². The summed E-state index contributed by atoms with van der Waals surface area (Å²) in [5.41, 5.74) is 0.996. The average molecular weight is 292 g/mol. The number of ether oxygens (including phenoxy) is 1. The summed E-state index contributed by atoms with van der Waals surface area (Å²) >= 11 is 1.65. The zero-order chi connectivity index (χ0) is 14.5. The molecule has 0 bridgehead atoms. The number of hydrogen-bond donors (Lipinski definition) is 1. The molecular formula is C15H20N2O2S. The number of esters is 1. The van der Waals surface area contributed by atoms with Gasteiger partial charge in [-0.1, -0.05) is 18.2 Å². The smallest absolute Gasteiger partial charge is 0.327 e. The van der Waals surface area contributed by atoms with Crippen molar-refractivity contribution in [2.45, 2.75) is 6.04 Å². The number of hydrogen-bond acceptors (Lipinski definition) is 5. The Balaban J connectivity index is 2.24. The molecule has 0 saturated carbocycles. The molecule has 1 heterocycles. The molecule has 1 aromatic heterocycles. The Morgan fingerprint density at radius 3 is 2.85 bits per heavy atom. The molecule has 1 unspecified atom stereocenters. The Bertz CT molecular complexity index is 580. The van der Waals surface area contributed by atoms with Crippen LogP contribution in [0, 0.1) is 0 Å². The van der Waals surface area contributed by atoms with Crippen LogP contribution in [0.3, 0.4) is 0 Å². The van der Waals surface area contributed by atoms with E-state index in [1.807, 2.05) is 37.7 Å². The summed E-state index contributed by atoms with van der Waals surface area (Å²) in [6.07, 6.45) is 0. The van der Waals surface area contributed by atoms with Crippen molar-refractivity contribution in [3.05, 3.63) is 35.2 Å². The fourth-order valence-electron chi connectivity index (χ4n) is 2.09. The molecule has 2 rings (SSSR count). The van der Waals surface area contributed by atoms with Crippen LogP contribution >= 0.6 is 11.3 Å². The highest BCUT2D eigenvalue weighted by Crippen LogP contribution is 2.30. The van der Waals surface area contributed by atoms with Crippen LogP contribution in [0.4, 0.5) is 0 Å². The maximum absolute atomic E-state index is 12.0. The molecule has 0 aliphatic carbocycles. The van der Waals surface area contributed by atoms with Crippen LogP contribution in [-0.4, -0.2) is 45.2 Å². The van der Waals surface area contributed by atoms with Crippen molar-refractivity contribution in [3.63, 3.8) is 0 Å². The lowest BCUT2D eigenvalue weighted by Crippen LogP contribution is -2.34. The summed E-state index contributed by atoms with van der Waals surface area (Å²) in [5.74, 6) is -0.243. The lowest BCUT2D eigenvalue weighted by atomic mass is 10.1. The fourth-order valence-corrected chi connectivity index (χ4v) is 3.08. The predicted molar refractivity (Wildman–Crippen MR) is 83.1 cm³/mol. The van der Waals surface area contributed by atoms with Gasteiger partial charge in [-0.25, -0.2) is 4.79 Å². The van der Waals surface area contributed by atoms with Crippen molar-refractivity contribution in [1.82, 2.24) is 10.2 Å². The van der Waals surface area contributed by atoms with E-state index in [-0.39, 0.29) is 5.97 Å². The van der Waals surface area contributed by atoms with Crippen LogP contribution in [0.15, 0.2) is 29.6 Å². The molecule has 2 aromatic rings. The van der Waals surface area contributed by atoms with E-state index in [0.717, 1.165) is 24.0 Å². The molecule has 1 aromatic carbocycles. The van der Waals surface area contributed by atoms with Gasteiger partial charge in [-0.05, 0) is 36.5 Å². The normalized spacial score (nSPS) is 12.8. The fraction of sp³-hybridized carbons (Fsp3) is 0.400. The summed E-state index contributed by atoms with van der Waals surface area (Å²) in [7, 11) is 5.45. The highest BCUT2D eigenvalue weighted by Gasteiger charge is 2.23. The third-order valence-corrected chi connectivity index (χ3v) is 4.15. The summed E-state index contributed by atoms with van der Waals surface area (Å²) in [5, 5.41) is 6.44. The van der Waals surface area contributed by atoms with E-state index in [0.29, 0.717) is 0 Å². The van der Waals surface area contributed by atoms with Crippen LogP contribution in [0.2, 0.25) is 0 Å². The molecule has 0 aliphatic heterocycles. The molecule has 0 spiro atoms. The van der Waals surface area contributed by atoms with Crippen LogP contribution in [0.5, 0.6) is 0 Å². The number of carbonyl (C=O) groups is 1. The van der Waals surface area contributed by atoms with E-state index < -0.39 is 6.04 Å². The number of carbonyl (C=O) groups excluding carboxylic acids is 1. The summed E-state index contributed by atoms with van der Waals surface area (Å²) in [4.78, 5) is 14.1. The number of nitrogens with one attached hydrogen (secondary N) is 1. The molecule has 1 atom stereocenters. The van der Waals surface area contributed by atoms with Crippen molar-refractivity contribution in [2.75, 3.05) is 34.3 Å². The number of rotatable bonds is 6. The molecule has 5 heteroatoms. The zero-order valence-corrected chi connectivity index (χ0v) is 12.9. The van der Waals surface area contributed by atoms with E-state index in [1.54, 1.807) is 11.3 Å². The first-order valence-corrected chi connectivity index (χ1v) is 7.43. The Kier molecular flexibility index (Phi) is 5.11. The minimum atomic E-state index is -0.406. The quantitative estimate of drug-likeness (QED) is 0.829. The van der Waals surface area contributed by atoms with Gasteiger partial charge in [-0.2, -0.15) is 0 Å². The van der Waals surface area contributed by atoms with Crippen molar-refractivity contribution in [1.29, 1.82) is 0 Å². The second kappa shape index (κ2) is 6.83. The Labute approximate surface area is 123 Å². The average Bonchev–Trinajstić information content (AvgIpc) is 2.86. The molecule has 4 nitrogen and oxygen atoms in total. The Morgan fingerprint density at radius 2 is 2.15 bits per heavy atom. The lowest BCUT2D eigenvalue weighted by molar-refractivity contribution is -0.143. The van der Waals surface area contributed by atoms with E-state index >= 15 is 0 Å². The third kappa shape index (κ3) is 3.36. The number of thiophene rings is 1. The van der Waals surface area contributed by atoms with Gasteiger partial charge in [0, 0.05) is 17.8 Å². The molecular weight excluding hydrogens is 272 g/mol. The summed E-state index contributed by atoms with van der Waals surface area (Å²) in [6, 6.07) is 7.71. The minimum absolute atomic E-state index is 0.243. The molecule has 20 heavy (non-hydrogen) atoms.